The number of aromatic hydroxyl groups is 1. The summed E-state index contributed by atoms with van der Waals surface area (Å²) in [6, 6.07) is 3.60. The SMILES string of the molecule is CC(C)c1cc(O)c(C2(N)CCC2)cc1Cl. The van der Waals surface area contributed by atoms with Crippen LogP contribution in [0.4, 0.5) is 0 Å². The van der Waals surface area contributed by atoms with E-state index < -0.39 is 0 Å². The average Bonchev–Trinajstić information content (AvgIpc) is 2.17. The molecule has 0 unspecified atom stereocenters. The number of hydrogen-bond acceptors (Lipinski definition) is 2. The molecule has 0 radical (unpaired) electrons. The smallest absolute Gasteiger partial charge is 0.121 e. The minimum Gasteiger partial charge on any atom is -0.508 e. The van der Waals surface area contributed by atoms with Crippen LogP contribution in [0.5, 0.6) is 5.75 Å². The van der Waals surface area contributed by atoms with Gasteiger partial charge in [-0.3, -0.25) is 0 Å². The monoisotopic (exact) mass is 239 g/mol. The molecule has 16 heavy (non-hydrogen) atoms. The van der Waals surface area contributed by atoms with Gasteiger partial charge in [0, 0.05) is 16.1 Å². The summed E-state index contributed by atoms with van der Waals surface area (Å²) in [6.45, 7) is 4.11. The number of halogens is 1. The molecule has 1 aromatic rings. The van der Waals surface area contributed by atoms with Crippen molar-refractivity contribution in [2.45, 2.75) is 44.6 Å². The third kappa shape index (κ3) is 1.80. The van der Waals surface area contributed by atoms with E-state index in [2.05, 4.69) is 13.8 Å². The molecule has 0 amide bonds. The molecule has 1 aromatic carbocycles. The van der Waals surface area contributed by atoms with Crippen molar-refractivity contribution in [3.8, 4) is 5.75 Å². The van der Waals surface area contributed by atoms with Crippen molar-refractivity contribution in [3.05, 3.63) is 28.3 Å². The minimum absolute atomic E-state index is 0.287. The topological polar surface area (TPSA) is 46.2 Å². The number of nitrogens with two attached hydrogens (primary N) is 1. The van der Waals surface area contributed by atoms with Gasteiger partial charge in [0.1, 0.15) is 5.75 Å². The Morgan fingerprint density at radius 3 is 2.44 bits per heavy atom. The lowest BCUT2D eigenvalue weighted by Gasteiger charge is -2.39. The Morgan fingerprint density at radius 1 is 1.38 bits per heavy atom. The number of benzene rings is 1. The van der Waals surface area contributed by atoms with Crippen LogP contribution in [0.2, 0.25) is 5.02 Å². The van der Waals surface area contributed by atoms with Gasteiger partial charge >= 0.3 is 0 Å². The lowest BCUT2D eigenvalue weighted by molar-refractivity contribution is 0.245. The lowest BCUT2D eigenvalue weighted by Crippen LogP contribution is -2.43. The third-order valence-electron chi connectivity index (χ3n) is 3.52. The second-order valence-electron chi connectivity index (χ2n) is 5.06. The normalized spacial score (nSPS) is 18.6. The third-order valence-corrected chi connectivity index (χ3v) is 3.85. The van der Waals surface area contributed by atoms with Crippen molar-refractivity contribution >= 4 is 11.6 Å². The van der Waals surface area contributed by atoms with Gasteiger partial charge in [-0.05, 0) is 42.9 Å². The van der Waals surface area contributed by atoms with E-state index in [9.17, 15) is 5.11 Å². The molecular weight excluding hydrogens is 222 g/mol. The molecule has 2 rings (SSSR count). The van der Waals surface area contributed by atoms with E-state index in [4.69, 9.17) is 17.3 Å². The Morgan fingerprint density at radius 2 is 2.00 bits per heavy atom. The first-order valence-corrected chi connectivity index (χ1v) is 6.13. The number of phenols is 1. The van der Waals surface area contributed by atoms with Crippen LogP contribution >= 0.6 is 11.6 Å². The van der Waals surface area contributed by atoms with Crippen molar-refractivity contribution in [2.75, 3.05) is 0 Å². The Hall–Kier alpha value is -0.730. The van der Waals surface area contributed by atoms with Crippen LogP contribution in [-0.2, 0) is 5.54 Å². The zero-order valence-electron chi connectivity index (χ0n) is 9.76. The molecule has 1 saturated carbocycles. The summed E-state index contributed by atoms with van der Waals surface area (Å²) in [6.07, 6.45) is 2.98. The summed E-state index contributed by atoms with van der Waals surface area (Å²) in [4.78, 5) is 0. The maximum Gasteiger partial charge on any atom is 0.121 e. The molecule has 1 aliphatic carbocycles. The highest BCUT2D eigenvalue weighted by atomic mass is 35.5. The van der Waals surface area contributed by atoms with Crippen molar-refractivity contribution < 1.29 is 5.11 Å². The van der Waals surface area contributed by atoms with Crippen LogP contribution in [0.15, 0.2) is 12.1 Å². The summed E-state index contributed by atoms with van der Waals surface area (Å²) >= 11 is 6.22. The number of hydrogen-bond donors (Lipinski definition) is 2. The standard InChI is InChI=1S/C13H18ClNO/c1-8(2)9-6-12(16)10(7-11(9)14)13(15)4-3-5-13/h6-8,16H,3-5,15H2,1-2H3. The van der Waals surface area contributed by atoms with Crippen LogP contribution in [0, 0.1) is 0 Å². The molecule has 0 bridgehead atoms. The molecule has 0 spiro atoms. The van der Waals surface area contributed by atoms with Crippen LogP contribution in [0.3, 0.4) is 0 Å². The zero-order valence-corrected chi connectivity index (χ0v) is 10.5. The van der Waals surface area contributed by atoms with Crippen molar-refractivity contribution in [1.29, 1.82) is 0 Å². The second-order valence-corrected chi connectivity index (χ2v) is 5.46. The van der Waals surface area contributed by atoms with Gasteiger partial charge in [0.15, 0.2) is 0 Å². The van der Waals surface area contributed by atoms with Crippen LogP contribution in [-0.4, -0.2) is 5.11 Å². The van der Waals surface area contributed by atoms with E-state index in [1.165, 1.54) is 0 Å². The summed E-state index contributed by atoms with van der Waals surface area (Å²) < 4.78 is 0. The fourth-order valence-electron chi connectivity index (χ4n) is 2.25. The van der Waals surface area contributed by atoms with Gasteiger partial charge in [0.25, 0.3) is 0 Å². The lowest BCUT2D eigenvalue weighted by atomic mass is 9.72. The minimum atomic E-state index is -0.358. The van der Waals surface area contributed by atoms with Crippen LogP contribution < -0.4 is 5.73 Å². The molecule has 1 aliphatic rings. The van der Waals surface area contributed by atoms with Crippen LogP contribution in [0.1, 0.15) is 50.2 Å². The van der Waals surface area contributed by atoms with Crippen LogP contribution in [0.25, 0.3) is 0 Å². The Balaban J connectivity index is 2.45. The maximum absolute atomic E-state index is 10.0. The molecule has 3 heteroatoms. The first-order valence-electron chi connectivity index (χ1n) is 5.76. The predicted molar refractivity (Wildman–Crippen MR) is 66.9 cm³/mol. The van der Waals surface area contributed by atoms with Crippen molar-refractivity contribution in [3.63, 3.8) is 0 Å². The van der Waals surface area contributed by atoms with E-state index >= 15 is 0 Å². The van der Waals surface area contributed by atoms with Gasteiger partial charge in [-0.1, -0.05) is 25.4 Å². The summed E-state index contributed by atoms with van der Waals surface area (Å²) in [5, 5.41) is 10.7. The van der Waals surface area contributed by atoms with Gasteiger partial charge in [0.05, 0.1) is 0 Å². The first kappa shape index (κ1) is 11.7. The molecule has 0 saturated heterocycles. The van der Waals surface area contributed by atoms with Crippen molar-refractivity contribution in [2.24, 2.45) is 5.73 Å². The molecule has 1 fully saturated rings. The molecule has 0 atom stereocenters. The zero-order chi connectivity index (χ0) is 11.9. The summed E-state index contributed by atoms with van der Waals surface area (Å²) in [5.41, 5.74) is 7.62. The average molecular weight is 240 g/mol. The largest absolute Gasteiger partial charge is 0.508 e. The number of rotatable bonds is 2. The Bertz CT molecular complexity index is 411. The fraction of sp³-hybridized carbons (Fsp3) is 0.538. The highest BCUT2D eigenvalue weighted by Gasteiger charge is 2.36. The summed E-state index contributed by atoms with van der Waals surface area (Å²) in [5.74, 6) is 0.595. The molecule has 0 aliphatic heterocycles. The molecule has 3 N–H and O–H groups in total. The van der Waals surface area contributed by atoms with E-state index in [-0.39, 0.29) is 11.3 Å². The highest BCUT2D eigenvalue weighted by Crippen LogP contribution is 2.44. The second kappa shape index (κ2) is 3.94. The van der Waals surface area contributed by atoms with Gasteiger partial charge in [-0.25, -0.2) is 0 Å². The Kier molecular flexibility index (Phi) is 2.89. The quantitative estimate of drug-likeness (QED) is 0.830. The number of phenolic OH excluding ortho intramolecular Hbond substituents is 1. The first-order chi connectivity index (χ1) is 7.44. The van der Waals surface area contributed by atoms with E-state index in [0.717, 1.165) is 30.4 Å². The van der Waals surface area contributed by atoms with E-state index in [0.29, 0.717) is 10.9 Å². The Labute approximate surface area is 101 Å². The maximum atomic E-state index is 10.0. The fourth-order valence-corrected chi connectivity index (χ4v) is 2.63. The van der Waals surface area contributed by atoms with Crippen molar-refractivity contribution in [1.82, 2.24) is 0 Å². The molecule has 88 valence electrons. The van der Waals surface area contributed by atoms with Gasteiger partial charge < -0.3 is 10.8 Å². The highest BCUT2D eigenvalue weighted by molar-refractivity contribution is 6.31. The molecular formula is C13H18ClNO. The molecule has 0 heterocycles. The molecule has 2 nitrogen and oxygen atoms in total. The van der Waals surface area contributed by atoms with E-state index in [1.54, 1.807) is 6.07 Å². The van der Waals surface area contributed by atoms with E-state index in [1.807, 2.05) is 6.07 Å². The molecule has 0 aromatic heterocycles. The van der Waals surface area contributed by atoms with Gasteiger partial charge in [-0.15, -0.1) is 0 Å². The van der Waals surface area contributed by atoms with Gasteiger partial charge in [-0.2, -0.15) is 0 Å². The predicted octanol–water partition coefficient (Wildman–Crippen LogP) is 3.51. The van der Waals surface area contributed by atoms with Gasteiger partial charge in [0.2, 0.25) is 0 Å². The summed E-state index contributed by atoms with van der Waals surface area (Å²) in [7, 11) is 0.